The molecular weight excluding hydrogens is 364 g/mol. The van der Waals surface area contributed by atoms with Crippen LogP contribution in [0.15, 0.2) is 48.5 Å². The highest BCUT2D eigenvalue weighted by Crippen LogP contribution is 2.13. The molecule has 7 heteroatoms. The average molecular weight is 391 g/mol. The number of carbonyl (C=O) groups excluding carboxylic acids is 1. The molecule has 1 N–H and O–H groups in total. The van der Waals surface area contributed by atoms with E-state index in [1.165, 1.54) is 10.6 Å². The minimum Gasteiger partial charge on any atom is -0.497 e. The maximum Gasteiger partial charge on any atom is 0.251 e. The second-order valence-corrected chi connectivity index (χ2v) is 8.37. The third kappa shape index (κ3) is 6.69. The van der Waals surface area contributed by atoms with E-state index in [9.17, 15) is 13.2 Å². The van der Waals surface area contributed by atoms with Crippen molar-refractivity contribution in [2.45, 2.75) is 13.3 Å². The van der Waals surface area contributed by atoms with E-state index in [0.717, 1.165) is 16.9 Å². The standard InChI is InChI=1S/C20H26N2O4S/c1-16-6-4-8-18(14-16)20(23)21-11-13-22(27(3,24)25)12-10-17-7-5-9-19(15-17)26-2/h4-9,14-15H,10-13H2,1-3H3,(H,21,23). The molecule has 2 aromatic carbocycles. The summed E-state index contributed by atoms with van der Waals surface area (Å²) < 4.78 is 30.7. The minimum atomic E-state index is -3.37. The van der Waals surface area contributed by atoms with Crippen LogP contribution >= 0.6 is 0 Å². The molecule has 1 amide bonds. The zero-order valence-corrected chi connectivity index (χ0v) is 16.8. The van der Waals surface area contributed by atoms with Crippen molar-refractivity contribution in [3.05, 3.63) is 65.2 Å². The monoisotopic (exact) mass is 390 g/mol. The Morgan fingerprint density at radius 2 is 1.85 bits per heavy atom. The van der Waals surface area contributed by atoms with Crippen LogP contribution in [-0.2, 0) is 16.4 Å². The normalized spacial score (nSPS) is 11.4. The number of benzene rings is 2. The van der Waals surface area contributed by atoms with Crippen LogP contribution in [-0.4, -0.2) is 51.6 Å². The van der Waals surface area contributed by atoms with Crippen LogP contribution in [0.1, 0.15) is 21.5 Å². The summed E-state index contributed by atoms with van der Waals surface area (Å²) in [7, 11) is -1.77. The van der Waals surface area contributed by atoms with Crippen molar-refractivity contribution < 1.29 is 17.9 Å². The van der Waals surface area contributed by atoms with Gasteiger partial charge in [-0.1, -0.05) is 29.8 Å². The van der Waals surface area contributed by atoms with Gasteiger partial charge in [0.1, 0.15) is 5.75 Å². The molecule has 2 aromatic rings. The Kier molecular flexibility index (Phi) is 7.38. The molecule has 0 bridgehead atoms. The van der Waals surface area contributed by atoms with Gasteiger partial charge in [0.15, 0.2) is 0 Å². The number of nitrogens with one attached hydrogen (secondary N) is 1. The van der Waals surface area contributed by atoms with Crippen LogP contribution < -0.4 is 10.1 Å². The Morgan fingerprint density at radius 1 is 1.11 bits per heavy atom. The molecule has 0 radical (unpaired) electrons. The summed E-state index contributed by atoms with van der Waals surface area (Å²) in [5.41, 5.74) is 2.56. The third-order valence-electron chi connectivity index (χ3n) is 4.18. The van der Waals surface area contributed by atoms with Crippen LogP contribution in [0.2, 0.25) is 0 Å². The molecule has 2 rings (SSSR count). The number of aryl methyl sites for hydroxylation is 1. The van der Waals surface area contributed by atoms with Crippen molar-refractivity contribution in [1.82, 2.24) is 9.62 Å². The topological polar surface area (TPSA) is 75.7 Å². The van der Waals surface area contributed by atoms with Crippen molar-refractivity contribution in [3.8, 4) is 5.75 Å². The quantitative estimate of drug-likeness (QED) is 0.712. The maximum absolute atomic E-state index is 12.2. The van der Waals surface area contributed by atoms with Gasteiger partial charge in [0, 0.05) is 25.2 Å². The molecule has 27 heavy (non-hydrogen) atoms. The molecule has 0 heterocycles. The van der Waals surface area contributed by atoms with Gasteiger partial charge in [0.05, 0.1) is 13.4 Å². The SMILES string of the molecule is COc1cccc(CCN(CCNC(=O)c2cccc(C)c2)S(C)(=O)=O)c1. The van der Waals surface area contributed by atoms with Crippen LogP contribution in [0.3, 0.4) is 0 Å². The largest absolute Gasteiger partial charge is 0.497 e. The second-order valence-electron chi connectivity index (χ2n) is 6.39. The molecule has 0 fully saturated rings. The van der Waals surface area contributed by atoms with E-state index in [0.29, 0.717) is 18.5 Å². The number of methoxy groups -OCH3 is 1. The molecule has 0 aliphatic rings. The number of ether oxygens (including phenoxy) is 1. The molecule has 146 valence electrons. The van der Waals surface area contributed by atoms with Gasteiger partial charge in [-0.25, -0.2) is 12.7 Å². The third-order valence-corrected chi connectivity index (χ3v) is 5.48. The fraction of sp³-hybridized carbons (Fsp3) is 0.350. The number of hydrogen-bond donors (Lipinski definition) is 1. The lowest BCUT2D eigenvalue weighted by Gasteiger charge is -2.20. The van der Waals surface area contributed by atoms with E-state index < -0.39 is 10.0 Å². The van der Waals surface area contributed by atoms with E-state index in [-0.39, 0.29) is 19.0 Å². The Morgan fingerprint density at radius 3 is 2.52 bits per heavy atom. The van der Waals surface area contributed by atoms with Gasteiger partial charge in [0.2, 0.25) is 10.0 Å². The smallest absolute Gasteiger partial charge is 0.251 e. The molecule has 0 aliphatic heterocycles. The maximum atomic E-state index is 12.2. The van der Waals surface area contributed by atoms with Gasteiger partial charge in [-0.3, -0.25) is 4.79 Å². The minimum absolute atomic E-state index is 0.208. The van der Waals surface area contributed by atoms with Crippen molar-refractivity contribution in [1.29, 1.82) is 0 Å². The summed E-state index contributed by atoms with van der Waals surface area (Å²) in [5.74, 6) is 0.531. The first-order chi connectivity index (χ1) is 12.8. The number of rotatable bonds is 9. The summed E-state index contributed by atoms with van der Waals surface area (Å²) in [6, 6.07) is 14.8. The van der Waals surface area contributed by atoms with Gasteiger partial charge in [-0.05, 0) is 43.2 Å². The lowest BCUT2D eigenvalue weighted by atomic mass is 10.1. The summed E-state index contributed by atoms with van der Waals surface area (Å²) >= 11 is 0. The summed E-state index contributed by atoms with van der Waals surface area (Å²) in [4.78, 5) is 12.2. The van der Waals surface area contributed by atoms with Crippen LogP contribution in [0.5, 0.6) is 5.75 Å². The fourth-order valence-corrected chi connectivity index (χ4v) is 3.55. The van der Waals surface area contributed by atoms with E-state index >= 15 is 0 Å². The molecule has 0 saturated carbocycles. The van der Waals surface area contributed by atoms with E-state index in [1.54, 1.807) is 19.2 Å². The molecule has 0 saturated heterocycles. The Balaban J connectivity index is 1.91. The molecule has 0 spiro atoms. The van der Waals surface area contributed by atoms with Crippen molar-refractivity contribution in [2.75, 3.05) is 33.0 Å². The zero-order chi connectivity index (χ0) is 19.9. The van der Waals surface area contributed by atoms with Gasteiger partial charge >= 0.3 is 0 Å². The Hall–Kier alpha value is -2.38. The van der Waals surface area contributed by atoms with Crippen LogP contribution in [0.4, 0.5) is 0 Å². The summed E-state index contributed by atoms with van der Waals surface area (Å²) in [5, 5.41) is 2.78. The Bertz CT molecular complexity index is 881. The fourth-order valence-electron chi connectivity index (χ4n) is 2.71. The first-order valence-corrected chi connectivity index (χ1v) is 10.6. The second kappa shape index (κ2) is 9.53. The van der Waals surface area contributed by atoms with E-state index in [4.69, 9.17) is 4.74 Å². The lowest BCUT2D eigenvalue weighted by Crippen LogP contribution is -2.39. The molecule has 0 atom stereocenters. The highest BCUT2D eigenvalue weighted by Gasteiger charge is 2.17. The number of sulfonamides is 1. The molecule has 0 aliphatic carbocycles. The number of nitrogens with zero attached hydrogens (tertiary/aromatic N) is 1. The highest BCUT2D eigenvalue weighted by atomic mass is 32.2. The zero-order valence-electron chi connectivity index (χ0n) is 15.9. The predicted molar refractivity (Wildman–Crippen MR) is 107 cm³/mol. The molecule has 0 aromatic heterocycles. The van der Waals surface area contributed by atoms with Crippen molar-refractivity contribution in [3.63, 3.8) is 0 Å². The number of hydrogen-bond acceptors (Lipinski definition) is 4. The first kappa shape index (κ1) is 20.9. The lowest BCUT2D eigenvalue weighted by molar-refractivity contribution is 0.0951. The van der Waals surface area contributed by atoms with Crippen molar-refractivity contribution in [2.24, 2.45) is 0 Å². The summed E-state index contributed by atoms with van der Waals surface area (Å²) in [6.45, 7) is 2.73. The molecule has 0 unspecified atom stereocenters. The average Bonchev–Trinajstić information content (AvgIpc) is 2.63. The summed E-state index contributed by atoms with van der Waals surface area (Å²) in [6.07, 6.45) is 1.75. The van der Waals surface area contributed by atoms with Gasteiger partial charge in [0.25, 0.3) is 5.91 Å². The van der Waals surface area contributed by atoms with E-state index in [1.807, 2.05) is 43.3 Å². The Labute approximate surface area is 161 Å². The number of amides is 1. The predicted octanol–water partition coefficient (Wildman–Crippen LogP) is 2.24. The number of carbonyl (C=O) groups is 1. The van der Waals surface area contributed by atoms with E-state index in [2.05, 4.69) is 5.32 Å². The van der Waals surface area contributed by atoms with Gasteiger partial charge in [-0.15, -0.1) is 0 Å². The first-order valence-electron chi connectivity index (χ1n) is 8.72. The highest BCUT2D eigenvalue weighted by molar-refractivity contribution is 7.88. The van der Waals surface area contributed by atoms with Gasteiger partial charge < -0.3 is 10.1 Å². The van der Waals surface area contributed by atoms with Crippen molar-refractivity contribution >= 4 is 15.9 Å². The molecular formula is C20H26N2O4S. The molecule has 6 nitrogen and oxygen atoms in total. The van der Waals surface area contributed by atoms with Crippen LogP contribution in [0, 0.1) is 6.92 Å². The van der Waals surface area contributed by atoms with Gasteiger partial charge in [-0.2, -0.15) is 0 Å². The van der Waals surface area contributed by atoms with Crippen LogP contribution in [0.25, 0.3) is 0 Å².